The first-order valence-corrected chi connectivity index (χ1v) is 11.8. The third-order valence-electron chi connectivity index (χ3n) is 5.44. The summed E-state index contributed by atoms with van der Waals surface area (Å²) in [6, 6.07) is 19.3. The lowest BCUT2D eigenvalue weighted by Gasteiger charge is -2.12. The molecule has 0 amide bonds. The average molecular weight is 478 g/mol. The van der Waals surface area contributed by atoms with Gasteiger partial charge in [0.2, 0.25) is 0 Å². The normalized spacial score (nSPS) is 11.8. The summed E-state index contributed by atoms with van der Waals surface area (Å²) in [7, 11) is -3.23. The molecule has 0 saturated carbocycles. The molecular formula is C25H23N3O5S. The van der Waals surface area contributed by atoms with Gasteiger partial charge in [0.05, 0.1) is 7.11 Å². The molecule has 0 spiro atoms. The molecule has 4 aromatic rings. The Bertz CT molecular complexity index is 1520. The largest absolute Gasteiger partial charge is 0.505 e. The van der Waals surface area contributed by atoms with E-state index in [1.807, 2.05) is 44.2 Å². The average Bonchev–Trinajstić information content (AvgIpc) is 2.80. The first-order valence-electron chi connectivity index (χ1n) is 10.3. The number of methoxy groups -OCH3 is 1. The smallest absolute Gasteiger partial charge is 0.296 e. The molecule has 4 rings (SSSR count). The Kier molecular flexibility index (Phi) is 6.23. The Morgan fingerprint density at radius 2 is 1.59 bits per heavy atom. The molecular weight excluding hydrogens is 454 g/mol. The number of azo groups is 1. The van der Waals surface area contributed by atoms with Crippen LogP contribution in [0.1, 0.15) is 11.1 Å². The highest BCUT2D eigenvalue weighted by molar-refractivity contribution is 7.86. The lowest BCUT2D eigenvalue weighted by atomic mass is 10.1. The molecule has 0 atom stereocenters. The van der Waals surface area contributed by atoms with Crippen LogP contribution in [0.5, 0.6) is 11.5 Å². The highest BCUT2D eigenvalue weighted by Crippen LogP contribution is 2.43. The van der Waals surface area contributed by atoms with E-state index in [9.17, 15) is 18.1 Å². The van der Waals surface area contributed by atoms with Crippen molar-refractivity contribution < 1.29 is 22.8 Å². The fourth-order valence-corrected chi connectivity index (χ4v) is 4.19. The van der Waals surface area contributed by atoms with Gasteiger partial charge in [-0.15, -0.1) is 10.2 Å². The van der Waals surface area contributed by atoms with Gasteiger partial charge in [-0.05, 0) is 78.9 Å². The number of phenolic OH excluding ortho intramolecular Hbond substituents is 1. The second-order valence-corrected chi connectivity index (χ2v) is 9.17. The molecule has 0 aliphatic carbocycles. The van der Waals surface area contributed by atoms with Crippen LogP contribution in [0.2, 0.25) is 0 Å². The van der Waals surface area contributed by atoms with E-state index in [0.717, 1.165) is 16.8 Å². The third kappa shape index (κ3) is 4.70. The van der Waals surface area contributed by atoms with E-state index in [2.05, 4.69) is 15.5 Å². The van der Waals surface area contributed by atoms with E-state index >= 15 is 0 Å². The molecule has 0 aromatic heterocycles. The first-order chi connectivity index (χ1) is 16.2. The van der Waals surface area contributed by atoms with Crippen LogP contribution in [0.25, 0.3) is 10.8 Å². The van der Waals surface area contributed by atoms with Gasteiger partial charge in [-0.3, -0.25) is 4.55 Å². The number of aryl methyl sites for hydroxylation is 2. The van der Waals surface area contributed by atoms with Gasteiger partial charge in [0.25, 0.3) is 10.1 Å². The summed E-state index contributed by atoms with van der Waals surface area (Å²) in [5, 5.41) is 23.0. The number of hydrogen-bond acceptors (Lipinski definition) is 7. The van der Waals surface area contributed by atoms with Gasteiger partial charge in [-0.1, -0.05) is 18.2 Å². The molecule has 8 nitrogen and oxygen atoms in total. The number of nitrogens with one attached hydrogen (secondary N) is 1. The number of rotatable bonds is 6. The van der Waals surface area contributed by atoms with Gasteiger partial charge in [0.15, 0.2) is 5.75 Å². The predicted octanol–water partition coefficient (Wildman–Crippen LogP) is 6.58. The fraction of sp³-hybridized carbons (Fsp3) is 0.120. The first kappa shape index (κ1) is 23.2. The molecule has 0 fully saturated rings. The minimum atomic E-state index is -4.72. The molecule has 0 aliphatic rings. The molecule has 0 saturated heterocycles. The summed E-state index contributed by atoms with van der Waals surface area (Å²) in [5.74, 6) is 0.0279. The van der Waals surface area contributed by atoms with Crippen molar-refractivity contribution in [2.75, 3.05) is 12.4 Å². The molecule has 0 radical (unpaired) electrons. The molecule has 3 N–H and O–H groups in total. The van der Waals surface area contributed by atoms with Gasteiger partial charge in [0, 0.05) is 16.8 Å². The van der Waals surface area contributed by atoms with Crippen molar-refractivity contribution in [2.45, 2.75) is 18.7 Å². The molecule has 174 valence electrons. The fourth-order valence-electron chi connectivity index (χ4n) is 3.53. The lowest BCUT2D eigenvalue weighted by molar-refractivity contribution is 0.415. The van der Waals surface area contributed by atoms with Crippen LogP contribution in [0.4, 0.5) is 22.7 Å². The lowest BCUT2D eigenvalue weighted by Crippen LogP contribution is -1.99. The molecule has 0 bridgehead atoms. The maximum atomic E-state index is 12.2. The second-order valence-electron chi connectivity index (χ2n) is 7.78. The number of fused-ring (bicyclic) bond motifs is 1. The van der Waals surface area contributed by atoms with Crippen molar-refractivity contribution >= 4 is 43.6 Å². The van der Waals surface area contributed by atoms with Crippen LogP contribution in [-0.2, 0) is 10.1 Å². The quantitative estimate of drug-likeness (QED) is 0.213. The zero-order valence-electron chi connectivity index (χ0n) is 18.8. The summed E-state index contributed by atoms with van der Waals surface area (Å²) in [5.41, 5.74) is 3.43. The molecule has 9 heteroatoms. The van der Waals surface area contributed by atoms with Gasteiger partial charge in [-0.25, -0.2) is 0 Å². The number of para-hydroxylation sites is 1. The van der Waals surface area contributed by atoms with Crippen molar-refractivity contribution in [2.24, 2.45) is 10.2 Å². The van der Waals surface area contributed by atoms with Crippen LogP contribution in [0.3, 0.4) is 0 Å². The Balaban J connectivity index is 1.84. The maximum absolute atomic E-state index is 12.2. The number of benzene rings is 4. The van der Waals surface area contributed by atoms with Gasteiger partial charge >= 0.3 is 0 Å². The van der Waals surface area contributed by atoms with Crippen LogP contribution < -0.4 is 10.1 Å². The molecule has 0 heterocycles. The van der Waals surface area contributed by atoms with E-state index in [1.54, 1.807) is 30.3 Å². The van der Waals surface area contributed by atoms with Crippen LogP contribution in [0.15, 0.2) is 81.9 Å². The molecule has 0 unspecified atom stereocenters. The highest BCUT2D eigenvalue weighted by Gasteiger charge is 2.22. The van der Waals surface area contributed by atoms with E-state index < -0.39 is 20.8 Å². The maximum Gasteiger partial charge on any atom is 0.296 e. The minimum absolute atomic E-state index is 0.354. The zero-order chi connectivity index (χ0) is 24.5. The van der Waals surface area contributed by atoms with E-state index in [1.165, 1.54) is 13.2 Å². The van der Waals surface area contributed by atoms with Crippen LogP contribution >= 0.6 is 0 Å². The van der Waals surface area contributed by atoms with Crippen molar-refractivity contribution in [3.05, 3.63) is 77.9 Å². The Morgan fingerprint density at radius 1 is 0.882 bits per heavy atom. The number of nitrogens with zero attached hydrogens (tertiary/aromatic N) is 2. The predicted molar refractivity (Wildman–Crippen MR) is 132 cm³/mol. The SMILES string of the molecule is COc1cc(C)c(C)cc1N=Nc1c(S(=O)(=O)O)cc2cc(Nc3ccccc3)ccc2c1O. The number of aromatic hydroxyl groups is 1. The summed E-state index contributed by atoms with van der Waals surface area (Å²) >= 11 is 0. The third-order valence-corrected chi connectivity index (χ3v) is 6.31. The molecule has 34 heavy (non-hydrogen) atoms. The Hall–Kier alpha value is -3.95. The molecule has 0 aliphatic heterocycles. The highest BCUT2D eigenvalue weighted by atomic mass is 32.2. The summed E-state index contributed by atoms with van der Waals surface area (Å²) in [4.78, 5) is -0.555. The van der Waals surface area contributed by atoms with E-state index in [4.69, 9.17) is 4.74 Å². The van der Waals surface area contributed by atoms with E-state index in [-0.39, 0.29) is 5.69 Å². The Morgan fingerprint density at radius 3 is 2.26 bits per heavy atom. The Labute approximate surface area is 197 Å². The number of hydrogen-bond donors (Lipinski definition) is 3. The van der Waals surface area contributed by atoms with Crippen LogP contribution in [0, 0.1) is 13.8 Å². The number of phenols is 1. The molecule has 4 aromatic carbocycles. The van der Waals surface area contributed by atoms with Gasteiger partial charge in [-0.2, -0.15) is 8.42 Å². The topological polar surface area (TPSA) is 121 Å². The van der Waals surface area contributed by atoms with Crippen molar-refractivity contribution in [3.8, 4) is 11.5 Å². The van der Waals surface area contributed by atoms with Crippen molar-refractivity contribution in [1.82, 2.24) is 0 Å². The van der Waals surface area contributed by atoms with E-state index in [0.29, 0.717) is 27.9 Å². The zero-order valence-corrected chi connectivity index (χ0v) is 19.6. The summed E-state index contributed by atoms with van der Waals surface area (Å²) in [6.45, 7) is 3.82. The van der Waals surface area contributed by atoms with Crippen LogP contribution in [-0.4, -0.2) is 25.2 Å². The summed E-state index contributed by atoms with van der Waals surface area (Å²) < 4.78 is 39.5. The van der Waals surface area contributed by atoms with Crippen molar-refractivity contribution in [1.29, 1.82) is 0 Å². The standard InChI is InChI=1S/C25H23N3O5S/c1-15-11-21(22(33-3)12-16(15)2)27-28-24-23(34(30,31)32)14-17-13-19(9-10-20(17)25(24)29)26-18-7-5-4-6-8-18/h4-14,26,29H,1-3H3,(H,30,31,32). The summed E-state index contributed by atoms with van der Waals surface area (Å²) in [6.07, 6.45) is 0. The van der Waals surface area contributed by atoms with Gasteiger partial charge < -0.3 is 15.2 Å². The number of ether oxygens (including phenoxy) is 1. The minimum Gasteiger partial charge on any atom is -0.505 e. The number of anilines is 2. The van der Waals surface area contributed by atoms with Gasteiger partial charge in [0.1, 0.15) is 22.0 Å². The monoisotopic (exact) mass is 477 g/mol. The second kappa shape index (κ2) is 9.12. The van der Waals surface area contributed by atoms with Crippen molar-refractivity contribution in [3.63, 3.8) is 0 Å².